The standard InChI is InChI=1S/C17H20INOS/c1-3-20-12-7-8-14(11(2)9-12)19-15-5-4-6-16-13(15)10-17(18)21-16/h7-10,15,19H,3-6H2,1-2H3. The van der Waals surface area contributed by atoms with E-state index in [-0.39, 0.29) is 0 Å². The molecule has 0 fully saturated rings. The van der Waals surface area contributed by atoms with Gasteiger partial charge in [0.2, 0.25) is 0 Å². The van der Waals surface area contributed by atoms with Gasteiger partial charge in [0.05, 0.1) is 15.5 Å². The summed E-state index contributed by atoms with van der Waals surface area (Å²) in [7, 11) is 0. The average Bonchev–Trinajstić information content (AvgIpc) is 2.83. The second-order valence-electron chi connectivity index (χ2n) is 5.43. The number of ether oxygens (including phenoxy) is 1. The van der Waals surface area contributed by atoms with Crippen molar-refractivity contribution < 1.29 is 4.74 Å². The smallest absolute Gasteiger partial charge is 0.119 e. The summed E-state index contributed by atoms with van der Waals surface area (Å²) in [6.07, 6.45) is 3.73. The Morgan fingerprint density at radius 1 is 1.38 bits per heavy atom. The molecule has 0 bridgehead atoms. The summed E-state index contributed by atoms with van der Waals surface area (Å²) < 4.78 is 6.96. The van der Waals surface area contributed by atoms with Crippen LogP contribution < -0.4 is 10.1 Å². The van der Waals surface area contributed by atoms with Crippen molar-refractivity contribution in [3.8, 4) is 5.75 Å². The number of hydrogen-bond acceptors (Lipinski definition) is 3. The van der Waals surface area contributed by atoms with Crippen molar-refractivity contribution in [2.24, 2.45) is 0 Å². The Morgan fingerprint density at radius 3 is 3.00 bits per heavy atom. The molecule has 1 N–H and O–H groups in total. The minimum absolute atomic E-state index is 0.449. The molecule has 1 unspecified atom stereocenters. The molecule has 2 aromatic rings. The molecule has 1 aliphatic carbocycles. The van der Waals surface area contributed by atoms with Gasteiger partial charge < -0.3 is 10.1 Å². The van der Waals surface area contributed by atoms with E-state index in [1.54, 1.807) is 4.88 Å². The minimum Gasteiger partial charge on any atom is -0.494 e. The Labute approximate surface area is 144 Å². The van der Waals surface area contributed by atoms with Crippen LogP contribution in [0, 0.1) is 9.81 Å². The minimum atomic E-state index is 0.449. The van der Waals surface area contributed by atoms with Crippen LogP contribution in [0.1, 0.15) is 41.8 Å². The van der Waals surface area contributed by atoms with Gasteiger partial charge in [-0.15, -0.1) is 11.3 Å². The van der Waals surface area contributed by atoms with Crippen LogP contribution in [0.5, 0.6) is 5.75 Å². The van der Waals surface area contributed by atoms with Crippen molar-refractivity contribution in [1.29, 1.82) is 0 Å². The summed E-state index contributed by atoms with van der Waals surface area (Å²) in [6.45, 7) is 4.88. The predicted octanol–water partition coefficient (Wildman–Crippen LogP) is 5.55. The van der Waals surface area contributed by atoms with E-state index in [4.69, 9.17) is 4.74 Å². The topological polar surface area (TPSA) is 21.3 Å². The van der Waals surface area contributed by atoms with Crippen LogP contribution in [0.2, 0.25) is 0 Å². The quantitative estimate of drug-likeness (QED) is 0.664. The number of benzene rings is 1. The number of anilines is 1. The van der Waals surface area contributed by atoms with E-state index >= 15 is 0 Å². The first-order chi connectivity index (χ1) is 10.2. The van der Waals surface area contributed by atoms with E-state index in [0.29, 0.717) is 12.6 Å². The second-order valence-corrected chi connectivity index (χ2v) is 8.46. The van der Waals surface area contributed by atoms with E-state index in [9.17, 15) is 0 Å². The van der Waals surface area contributed by atoms with Crippen LogP contribution in [0.15, 0.2) is 24.3 Å². The van der Waals surface area contributed by atoms with Gasteiger partial charge in [-0.25, -0.2) is 0 Å². The molecule has 0 aliphatic heterocycles. The largest absolute Gasteiger partial charge is 0.494 e. The molecule has 21 heavy (non-hydrogen) atoms. The van der Waals surface area contributed by atoms with Crippen LogP contribution in [0.3, 0.4) is 0 Å². The van der Waals surface area contributed by atoms with Crippen molar-refractivity contribution >= 4 is 39.6 Å². The molecule has 0 amide bonds. The molecule has 3 rings (SSSR count). The zero-order chi connectivity index (χ0) is 14.8. The number of rotatable bonds is 4. The third kappa shape index (κ3) is 3.37. The first-order valence-corrected chi connectivity index (χ1v) is 9.35. The summed E-state index contributed by atoms with van der Waals surface area (Å²) in [5.41, 5.74) is 3.97. The maximum Gasteiger partial charge on any atom is 0.119 e. The van der Waals surface area contributed by atoms with Gasteiger partial charge in [-0.05, 0) is 91.1 Å². The van der Waals surface area contributed by atoms with Crippen molar-refractivity contribution in [3.63, 3.8) is 0 Å². The molecule has 112 valence electrons. The highest BCUT2D eigenvalue weighted by Crippen LogP contribution is 2.38. The van der Waals surface area contributed by atoms with Gasteiger partial charge in [0, 0.05) is 10.6 Å². The molecule has 1 heterocycles. The number of halogens is 1. The number of fused-ring (bicyclic) bond motifs is 1. The summed E-state index contributed by atoms with van der Waals surface area (Å²) in [5, 5.41) is 3.74. The molecule has 0 radical (unpaired) electrons. The number of nitrogens with one attached hydrogen (secondary N) is 1. The Hall–Kier alpha value is -0.750. The second kappa shape index (κ2) is 6.57. The van der Waals surface area contributed by atoms with Crippen molar-refractivity contribution in [2.45, 2.75) is 39.2 Å². The lowest BCUT2D eigenvalue weighted by molar-refractivity contribution is 0.340. The van der Waals surface area contributed by atoms with Crippen molar-refractivity contribution in [1.82, 2.24) is 0 Å². The molecule has 1 aromatic carbocycles. The van der Waals surface area contributed by atoms with E-state index in [2.05, 4.69) is 59.1 Å². The highest BCUT2D eigenvalue weighted by atomic mass is 127. The van der Waals surface area contributed by atoms with Crippen LogP contribution in [-0.2, 0) is 6.42 Å². The Balaban J connectivity index is 1.81. The lowest BCUT2D eigenvalue weighted by Crippen LogP contribution is -2.16. The zero-order valence-corrected chi connectivity index (χ0v) is 15.4. The van der Waals surface area contributed by atoms with E-state index in [1.807, 2.05) is 18.3 Å². The van der Waals surface area contributed by atoms with Gasteiger partial charge >= 0.3 is 0 Å². The summed E-state index contributed by atoms with van der Waals surface area (Å²) in [4.78, 5) is 1.56. The monoisotopic (exact) mass is 413 g/mol. The lowest BCUT2D eigenvalue weighted by Gasteiger charge is -2.25. The maximum atomic E-state index is 5.56. The van der Waals surface area contributed by atoms with Crippen molar-refractivity contribution in [3.05, 3.63) is 43.2 Å². The maximum absolute atomic E-state index is 5.56. The first kappa shape index (κ1) is 15.2. The molecule has 2 nitrogen and oxygen atoms in total. The normalized spacial score (nSPS) is 17.4. The fourth-order valence-electron chi connectivity index (χ4n) is 2.91. The molecule has 1 aromatic heterocycles. The van der Waals surface area contributed by atoms with Gasteiger partial charge in [0.25, 0.3) is 0 Å². The third-order valence-corrected chi connectivity index (χ3v) is 5.89. The summed E-state index contributed by atoms with van der Waals surface area (Å²) in [5.74, 6) is 0.954. The van der Waals surface area contributed by atoms with Gasteiger partial charge in [-0.1, -0.05) is 0 Å². The van der Waals surface area contributed by atoms with Gasteiger partial charge in [-0.3, -0.25) is 0 Å². The van der Waals surface area contributed by atoms with Crippen LogP contribution in [0.4, 0.5) is 5.69 Å². The average molecular weight is 413 g/mol. The zero-order valence-electron chi connectivity index (χ0n) is 12.4. The number of hydrogen-bond donors (Lipinski definition) is 1. The highest BCUT2D eigenvalue weighted by Gasteiger charge is 2.22. The number of aryl methyl sites for hydroxylation is 2. The summed E-state index contributed by atoms with van der Waals surface area (Å²) >= 11 is 4.38. The molecule has 4 heteroatoms. The molecule has 0 saturated carbocycles. The molecule has 0 spiro atoms. The van der Waals surface area contributed by atoms with E-state index in [1.165, 1.54) is 39.0 Å². The van der Waals surface area contributed by atoms with Gasteiger partial charge in [-0.2, -0.15) is 0 Å². The highest BCUT2D eigenvalue weighted by molar-refractivity contribution is 14.1. The van der Waals surface area contributed by atoms with Gasteiger partial charge in [0.15, 0.2) is 0 Å². The molecular formula is C17H20INOS. The fourth-order valence-corrected chi connectivity index (χ4v) is 5.03. The molecule has 1 atom stereocenters. The van der Waals surface area contributed by atoms with E-state index in [0.717, 1.165) is 5.75 Å². The Morgan fingerprint density at radius 2 is 2.24 bits per heavy atom. The third-order valence-electron chi connectivity index (χ3n) is 3.92. The van der Waals surface area contributed by atoms with Crippen LogP contribution in [-0.4, -0.2) is 6.61 Å². The lowest BCUT2D eigenvalue weighted by atomic mass is 9.93. The first-order valence-electron chi connectivity index (χ1n) is 7.45. The molecule has 1 aliphatic rings. The van der Waals surface area contributed by atoms with Gasteiger partial charge in [0.1, 0.15) is 5.75 Å². The van der Waals surface area contributed by atoms with Crippen LogP contribution >= 0.6 is 33.9 Å². The predicted molar refractivity (Wildman–Crippen MR) is 98.7 cm³/mol. The fraction of sp³-hybridized carbons (Fsp3) is 0.412. The Kier molecular flexibility index (Phi) is 4.74. The molecular weight excluding hydrogens is 393 g/mol. The summed E-state index contributed by atoms with van der Waals surface area (Å²) in [6, 6.07) is 9.12. The number of thiophene rings is 1. The van der Waals surface area contributed by atoms with Crippen LogP contribution in [0.25, 0.3) is 0 Å². The van der Waals surface area contributed by atoms with Crippen molar-refractivity contribution in [2.75, 3.05) is 11.9 Å². The Bertz CT molecular complexity index is 638. The SMILES string of the molecule is CCOc1ccc(NC2CCCc3sc(I)cc32)c(C)c1. The van der Waals surface area contributed by atoms with E-state index < -0.39 is 0 Å². The molecule has 0 saturated heterocycles.